The molecule has 5 atom stereocenters. The van der Waals surface area contributed by atoms with Gasteiger partial charge in [-0.1, -0.05) is 6.42 Å². The molecule has 3 fully saturated rings. The molecule has 3 heterocycles. The lowest BCUT2D eigenvalue weighted by molar-refractivity contribution is -0.163. The van der Waals surface area contributed by atoms with E-state index in [4.69, 9.17) is 0 Å². The highest BCUT2D eigenvalue weighted by Crippen LogP contribution is 2.53. The van der Waals surface area contributed by atoms with E-state index in [2.05, 4.69) is 0 Å². The number of likely N-dealkylation sites (N-methyl/N-ethyl adjacent to an activating group) is 1. The predicted octanol–water partition coefficient (Wildman–Crippen LogP) is -0.143. The molecule has 4 amide bonds. The molecule has 27 heavy (non-hydrogen) atoms. The number of carbonyl (C=O) groups is 4. The first kappa shape index (κ1) is 18.0. The van der Waals surface area contributed by atoms with Gasteiger partial charge in [0.1, 0.15) is 12.2 Å². The van der Waals surface area contributed by atoms with Gasteiger partial charge >= 0.3 is 12.0 Å². The van der Waals surface area contributed by atoms with Gasteiger partial charge in [0.25, 0.3) is 0 Å². The van der Waals surface area contributed by atoms with Crippen LogP contribution in [-0.2, 0) is 14.4 Å². The molecule has 0 radical (unpaired) electrons. The molecule has 4 rings (SSSR count). The van der Waals surface area contributed by atoms with Crippen molar-refractivity contribution in [1.29, 1.82) is 0 Å². The van der Waals surface area contributed by atoms with E-state index >= 15 is 0 Å². The van der Waals surface area contributed by atoms with E-state index in [0.717, 1.165) is 12.8 Å². The fourth-order valence-electron chi connectivity index (χ4n) is 5.26. The first-order valence-electron chi connectivity index (χ1n) is 9.28. The summed E-state index contributed by atoms with van der Waals surface area (Å²) in [6.07, 6.45) is 1.38. The van der Waals surface area contributed by atoms with Crippen LogP contribution in [0.15, 0.2) is 11.3 Å². The van der Waals surface area contributed by atoms with Crippen LogP contribution in [0.2, 0.25) is 0 Å². The summed E-state index contributed by atoms with van der Waals surface area (Å²) in [4.78, 5) is 52.7. The van der Waals surface area contributed by atoms with Crippen molar-refractivity contribution in [2.24, 2.45) is 17.8 Å². The lowest BCUT2D eigenvalue weighted by atomic mass is 9.69. The fraction of sp³-hybridized carbons (Fsp3) is 0.667. The van der Waals surface area contributed by atoms with Crippen molar-refractivity contribution >= 4 is 23.8 Å². The zero-order valence-electron chi connectivity index (χ0n) is 15.3. The maximum absolute atomic E-state index is 12.5. The van der Waals surface area contributed by atoms with Crippen molar-refractivity contribution in [2.75, 3.05) is 20.1 Å². The number of rotatable bonds is 4. The van der Waals surface area contributed by atoms with E-state index in [1.54, 1.807) is 14.0 Å². The number of imide groups is 1. The van der Waals surface area contributed by atoms with Crippen LogP contribution < -0.4 is 0 Å². The van der Waals surface area contributed by atoms with Crippen molar-refractivity contribution in [2.45, 2.75) is 38.3 Å². The van der Waals surface area contributed by atoms with E-state index in [0.29, 0.717) is 12.0 Å². The van der Waals surface area contributed by atoms with Gasteiger partial charge in [-0.3, -0.25) is 14.5 Å². The van der Waals surface area contributed by atoms with Crippen LogP contribution in [0.4, 0.5) is 4.79 Å². The van der Waals surface area contributed by atoms with Gasteiger partial charge in [-0.05, 0) is 25.3 Å². The number of hydrogen-bond acceptors (Lipinski definition) is 5. The lowest BCUT2D eigenvalue weighted by Crippen LogP contribution is -2.64. The third-order valence-corrected chi connectivity index (χ3v) is 6.38. The third-order valence-electron chi connectivity index (χ3n) is 6.38. The molecule has 146 valence electrons. The van der Waals surface area contributed by atoms with Crippen molar-refractivity contribution in [3.8, 4) is 0 Å². The number of nitrogens with zero attached hydrogens (tertiary/aromatic N) is 3. The summed E-state index contributed by atoms with van der Waals surface area (Å²) in [5.74, 6) is -2.83. The zero-order chi connectivity index (χ0) is 19.6. The Kier molecular flexibility index (Phi) is 4.03. The minimum Gasteiger partial charge on any atom is -0.477 e. The molecular formula is C18H23N3O6. The molecule has 0 bridgehead atoms. The highest BCUT2D eigenvalue weighted by atomic mass is 16.4. The quantitative estimate of drug-likeness (QED) is 0.520. The number of hydrogen-bond donors (Lipinski definition) is 2. The number of aliphatic hydroxyl groups excluding tert-OH is 1. The number of aliphatic carboxylic acids is 1. The monoisotopic (exact) mass is 377 g/mol. The Bertz CT molecular complexity index is 775. The Morgan fingerprint density at radius 3 is 2.52 bits per heavy atom. The third kappa shape index (κ3) is 2.40. The summed E-state index contributed by atoms with van der Waals surface area (Å²) in [6, 6.07) is -0.715. The molecule has 0 spiro atoms. The Labute approximate surface area is 156 Å². The van der Waals surface area contributed by atoms with Crippen molar-refractivity contribution in [1.82, 2.24) is 14.7 Å². The normalized spacial score (nSPS) is 34.0. The lowest BCUT2D eigenvalue weighted by Gasteiger charge is -2.47. The number of carbonyl (C=O) groups excluding carboxylic acids is 3. The van der Waals surface area contributed by atoms with Crippen LogP contribution in [0, 0.1) is 17.8 Å². The summed E-state index contributed by atoms with van der Waals surface area (Å²) in [6.45, 7) is 1.71. The summed E-state index contributed by atoms with van der Waals surface area (Å²) in [5, 5.41) is 19.8. The van der Waals surface area contributed by atoms with Crippen LogP contribution in [0.5, 0.6) is 0 Å². The molecule has 0 aromatic carbocycles. The van der Waals surface area contributed by atoms with Gasteiger partial charge in [-0.25, -0.2) is 9.59 Å². The summed E-state index contributed by atoms with van der Waals surface area (Å²) in [5.41, 5.74) is 0.648. The number of carboxylic acids is 1. The van der Waals surface area contributed by atoms with Gasteiger partial charge in [-0.15, -0.1) is 0 Å². The van der Waals surface area contributed by atoms with Crippen LogP contribution in [0.1, 0.15) is 26.2 Å². The number of amides is 4. The Balaban J connectivity index is 1.68. The average Bonchev–Trinajstić information content (AvgIpc) is 3.01. The predicted molar refractivity (Wildman–Crippen MR) is 91.0 cm³/mol. The Morgan fingerprint density at radius 2 is 1.96 bits per heavy atom. The molecule has 0 aromatic rings. The number of fused-ring (bicyclic) bond motifs is 3. The summed E-state index contributed by atoms with van der Waals surface area (Å²) < 4.78 is 0. The second-order valence-electron chi connectivity index (χ2n) is 7.95. The maximum atomic E-state index is 12.5. The van der Waals surface area contributed by atoms with E-state index < -0.39 is 18.0 Å². The second kappa shape index (κ2) is 6.05. The maximum Gasteiger partial charge on any atom is 0.352 e. The fourth-order valence-corrected chi connectivity index (χ4v) is 5.26. The topological polar surface area (TPSA) is 118 Å². The highest BCUT2D eigenvalue weighted by molar-refractivity contribution is 6.02. The first-order valence-corrected chi connectivity index (χ1v) is 9.28. The van der Waals surface area contributed by atoms with E-state index in [1.165, 1.54) is 14.7 Å². The standard InChI is InChI=1S/C18H23N3O6/c1-8(22)12-14-10-5-3-4-9(6-20-11(23)7-19(2)18(20)27)13(10)15(17(25)26)21(14)16(12)24/h8-10,12,14,22H,3-7H2,1-2H3,(H,25,26)/t8-,9+,10+,12-,14-/m1/s1. The van der Waals surface area contributed by atoms with Crippen molar-refractivity contribution in [3.05, 3.63) is 11.3 Å². The zero-order valence-corrected chi connectivity index (χ0v) is 15.3. The van der Waals surface area contributed by atoms with Gasteiger partial charge < -0.3 is 20.0 Å². The van der Waals surface area contributed by atoms with Gasteiger partial charge in [0.05, 0.1) is 18.1 Å². The summed E-state index contributed by atoms with van der Waals surface area (Å²) >= 11 is 0. The molecule has 9 heteroatoms. The summed E-state index contributed by atoms with van der Waals surface area (Å²) in [7, 11) is 1.55. The van der Waals surface area contributed by atoms with Crippen molar-refractivity contribution < 1.29 is 29.4 Å². The van der Waals surface area contributed by atoms with E-state index in [1.807, 2.05) is 0 Å². The van der Waals surface area contributed by atoms with Gasteiger partial charge in [0.2, 0.25) is 11.8 Å². The minimum absolute atomic E-state index is 0.0101. The van der Waals surface area contributed by atoms with Crippen LogP contribution >= 0.6 is 0 Å². The number of β-lactam (4-membered cyclic amide) rings is 1. The second-order valence-corrected chi connectivity index (χ2v) is 7.95. The molecule has 2 saturated heterocycles. The van der Waals surface area contributed by atoms with E-state index in [9.17, 15) is 29.4 Å². The molecule has 3 aliphatic heterocycles. The number of carboxylic acid groups (broad SMARTS) is 1. The Hall–Kier alpha value is -2.42. The van der Waals surface area contributed by atoms with Crippen LogP contribution in [0.25, 0.3) is 0 Å². The van der Waals surface area contributed by atoms with Crippen molar-refractivity contribution in [3.63, 3.8) is 0 Å². The molecule has 2 N–H and O–H groups in total. The molecular weight excluding hydrogens is 354 g/mol. The number of urea groups is 1. The number of aliphatic hydroxyl groups is 1. The minimum atomic E-state index is -1.17. The van der Waals surface area contributed by atoms with Gasteiger partial charge in [0, 0.05) is 25.4 Å². The molecule has 1 aliphatic carbocycles. The largest absolute Gasteiger partial charge is 0.477 e. The average molecular weight is 377 g/mol. The molecule has 9 nitrogen and oxygen atoms in total. The van der Waals surface area contributed by atoms with Gasteiger partial charge in [-0.2, -0.15) is 0 Å². The highest BCUT2D eigenvalue weighted by Gasteiger charge is 2.62. The molecule has 0 unspecified atom stereocenters. The van der Waals surface area contributed by atoms with E-state index in [-0.39, 0.29) is 54.5 Å². The molecule has 0 aromatic heterocycles. The molecule has 4 aliphatic rings. The first-order chi connectivity index (χ1) is 12.7. The van der Waals surface area contributed by atoms with Crippen LogP contribution in [0.3, 0.4) is 0 Å². The van der Waals surface area contributed by atoms with Crippen LogP contribution in [-0.4, -0.2) is 81.0 Å². The van der Waals surface area contributed by atoms with Gasteiger partial charge in [0.15, 0.2) is 0 Å². The SMILES string of the molecule is C[C@@H](O)[C@H]1C(=O)N2C(C(=O)O)=C3[C@H](CN4C(=O)CN(C)C4=O)CCC[C@@H]3[C@H]12. The molecule has 1 saturated carbocycles. The Morgan fingerprint density at radius 1 is 1.26 bits per heavy atom. The smallest absolute Gasteiger partial charge is 0.352 e.